The number of halogens is 2. The summed E-state index contributed by atoms with van der Waals surface area (Å²) >= 11 is 0. The number of hydrogen-bond acceptors (Lipinski definition) is 3. The van der Waals surface area contributed by atoms with Crippen LogP contribution in [0, 0.1) is 17.6 Å². The van der Waals surface area contributed by atoms with Crippen LogP contribution in [0.3, 0.4) is 0 Å². The highest BCUT2D eigenvalue weighted by Crippen LogP contribution is 2.23. The summed E-state index contributed by atoms with van der Waals surface area (Å²) in [7, 11) is 0. The molecule has 21 heavy (non-hydrogen) atoms. The Bertz CT molecular complexity index is 647. The van der Waals surface area contributed by atoms with Crippen LogP contribution in [-0.2, 0) is 6.42 Å². The molecular formula is C16H17F2N3. The standard InChI is InChI=1S/C16H17F2N3/c1-10(2)16-20-19-15-6-3-11(9-21(15)16)7-12-4-5-13(17)8-14(12)18/h3-6,8-10,16,20H,7H2,1-2H3. The molecule has 2 aliphatic rings. The minimum atomic E-state index is -0.553. The zero-order valence-electron chi connectivity index (χ0n) is 12.0. The first-order valence-electron chi connectivity index (χ1n) is 6.99. The number of benzene rings is 1. The molecule has 1 unspecified atom stereocenters. The Morgan fingerprint density at radius 1 is 1.29 bits per heavy atom. The van der Waals surface area contributed by atoms with Gasteiger partial charge in [-0.25, -0.2) is 8.78 Å². The van der Waals surface area contributed by atoms with Gasteiger partial charge >= 0.3 is 0 Å². The molecule has 1 aromatic carbocycles. The van der Waals surface area contributed by atoms with E-state index in [1.165, 1.54) is 12.1 Å². The molecule has 3 nitrogen and oxygen atoms in total. The maximum absolute atomic E-state index is 13.7. The molecule has 0 radical (unpaired) electrons. The summed E-state index contributed by atoms with van der Waals surface area (Å²) in [5.74, 6) is 0.181. The van der Waals surface area contributed by atoms with E-state index in [1.807, 2.05) is 18.4 Å². The Labute approximate surface area is 122 Å². The second kappa shape index (κ2) is 5.31. The summed E-state index contributed by atoms with van der Waals surface area (Å²) in [4.78, 5) is 2.06. The maximum atomic E-state index is 13.7. The van der Waals surface area contributed by atoms with Crippen molar-refractivity contribution in [2.75, 3.05) is 0 Å². The average Bonchev–Trinajstić information content (AvgIpc) is 2.85. The lowest BCUT2D eigenvalue weighted by atomic mass is 10.0. The lowest BCUT2D eigenvalue weighted by Gasteiger charge is -2.28. The molecule has 2 aliphatic heterocycles. The molecule has 2 heterocycles. The van der Waals surface area contributed by atoms with Crippen molar-refractivity contribution in [3.8, 4) is 0 Å². The summed E-state index contributed by atoms with van der Waals surface area (Å²) in [6.45, 7) is 4.23. The highest BCUT2D eigenvalue weighted by Gasteiger charge is 2.29. The highest BCUT2D eigenvalue weighted by atomic mass is 19.1. The summed E-state index contributed by atoms with van der Waals surface area (Å²) in [6.07, 6.45) is 6.34. The minimum absolute atomic E-state index is 0.109. The van der Waals surface area contributed by atoms with E-state index in [2.05, 4.69) is 29.3 Å². The predicted molar refractivity (Wildman–Crippen MR) is 78.3 cm³/mol. The molecule has 0 amide bonds. The first kappa shape index (κ1) is 13.8. The van der Waals surface area contributed by atoms with E-state index >= 15 is 0 Å². The van der Waals surface area contributed by atoms with E-state index < -0.39 is 11.6 Å². The minimum Gasteiger partial charge on any atom is -0.309 e. The Hall–Kier alpha value is -2.17. The molecule has 0 bridgehead atoms. The maximum Gasteiger partial charge on any atom is 0.154 e. The highest BCUT2D eigenvalue weighted by molar-refractivity contribution is 5.96. The van der Waals surface area contributed by atoms with Crippen molar-refractivity contribution in [3.05, 3.63) is 59.3 Å². The molecule has 1 aromatic rings. The zero-order valence-corrected chi connectivity index (χ0v) is 12.0. The van der Waals surface area contributed by atoms with Crippen LogP contribution in [0.15, 0.2) is 47.2 Å². The molecular weight excluding hydrogens is 272 g/mol. The van der Waals surface area contributed by atoms with Crippen molar-refractivity contribution in [1.82, 2.24) is 10.3 Å². The van der Waals surface area contributed by atoms with Gasteiger partial charge in [-0.2, -0.15) is 5.10 Å². The van der Waals surface area contributed by atoms with Crippen LogP contribution in [-0.4, -0.2) is 16.9 Å². The molecule has 110 valence electrons. The van der Waals surface area contributed by atoms with E-state index in [0.717, 1.165) is 17.5 Å². The summed E-state index contributed by atoms with van der Waals surface area (Å²) in [5.41, 5.74) is 4.55. The Kier molecular flexibility index (Phi) is 3.49. The fourth-order valence-electron chi connectivity index (χ4n) is 2.53. The van der Waals surface area contributed by atoms with Gasteiger partial charge in [0.1, 0.15) is 17.8 Å². The van der Waals surface area contributed by atoms with Crippen molar-refractivity contribution in [2.24, 2.45) is 11.0 Å². The SMILES string of the molecule is CC(C)C1NN=C2C=CC(Cc3ccc(F)cc3F)=CN21. The fraction of sp³-hybridized carbons (Fsp3) is 0.312. The van der Waals surface area contributed by atoms with Crippen LogP contribution in [0.5, 0.6) is 0 Å². The van der Waals surface area contributed by atoms with Crippen molar-refractivity contribution in [3.63, 3.8) is 0 Å². The van der Waals surface area contributed by atoms with Gasteiger partial charge in [0.05, 0.1) is 0 Å². The molecule has 0 aliphatic carbocycles. The van der Waals surface area contributed by atoms with E-state index in [1.54, 1.807) is 0 Å². The number of nitrogens with one attached hydrogen (secondary N) is 1. The first-order chi connectivity index (χ1) is 10.0. The van der Waals surface area contributed by atoms with Gasteiger partial charge in [-0.15, -0.1) is 0 Å². The van der Waals surface area contributed by atoms with Crippen molar-refractivity contribution < 1.29 is 8.78 Å². The van der Waals surface area contributed by atoms with Gasteiger partial charge in [-0.05, 0) is 29.2 Å². The van der Waals surface area contributed by atoms with Crippen LogP contribution in [0.2, 0.25) is 0 Å². The van der Waals surface area contributed by atoms with E-state index in [9.17, 15) is 8.78 Å². The van der Waals surface area contributed by atoms with Gasteiger partial charge in [0.2, 0.25) is 0 Å². The lowest BCUT2D eigenvalue weighted by molar-refractivity contribution is 0.290. The Balaban J connectivity index is 1.82. The first-order valence-corrected chi connectivity index (χ1v) is 6.99. The largest absolute Gasteiger partial charge is 0.309 e. The topological polar surface area (TPSA) is 27.6 Å². The molecule has 0 saturated heterocycles. The molecule has 0 spiro atoms. The fourth-order valence-corrected chi connectivity index (χ4v) is 2.53. The number of nitrogens with zero attached hydrogens (tertiary/aromatic N) is 2. The van der Waals surface area contributed by atoms with Gasteiger partial charge in [0.15, 0.2) is 5.84 Å². The summed E-state index contributed by atoms with van der Waals surface area (Å²) in [6, 6.07) is 3.70. The van der Waals surface area contributed by atoms with Gasteiger partial charge in [0, 0.05) is 18.7 Å². The lowest BCUT2D eigenvalue weighted by Crippen LogP contribution is -2.41. The third-order valence-electron chi connectivity index (χ3n) is 3.67. The number of amidine groups is 1. The molecule has 0 fully saturated rings. The van der Waals surface area contributed by atoms with Crippen molar-refractivity contribution in [2.45, 2.75) is 26.4 Å². The smallest absolute Gasteiger partial charge is 0.154 e. The average molecular weight is 289 g/mol. The van der Waals surface area contributed by atoms with Crippen LogP contribution in [0.4, 0.5) is 8.78 Å². The third-order valence-corrected chi connectivity index (χ3v) is 3.67. The van der Waals surface area contributed by atoms with Crippen molar-refractivity contribution >= 4 is 5.84 Å². The van der Waals surface area contributed by atoms with Crippen LogP contribution < -0.4 is 5.43 Å². The van der Waals surface area contributed by atoms with Crippen LogP contribution in [0.25, 0.3) is 0 Å². The summed E-state index contributed by atoms with van der Waals surface area (Å²) in [5, 5.41) is 4.27. The molecule has 1 atom stereocenters. The Morgan fingerprint density at radius 3 is 2.81 bits per heavy atom. The second-order valence-corrected chi connectivity index (χ2v) is 5.65. The number of hydrazone groups is 1. The van der Waals surface area contributed by atoms with Crippen LogP contribution in [0.1, 0.15) is 19.4 Å². The quantitative estimate of drug-likeness (QED) is 0.925. The van der Waals surface area contributed by atoms with Gasteiger partial charge in [0.25, 0.3) is 0 Å². The van der Waals surface area contributed by atoms with Crippen molar-refractivity contribution in [1.29, 1.82) is 0 Å². The normalized spacial score (nSPS) is 20.2. The molecule has 0 saturated carbocycles. The zero-order chi connectivity index (χ0) is 15.0. The van der Waals surface area contributed by atoms with E-state index in [4.69, 9.17) is 0 Å². The number of fused-ring (bicyclic) bond motifs is 1. The van der Waals surface area contributed by atoms with Crippen LogP contribution >= 0.6 is 0 Å². The molecule has 1 N–H and O–H groups in total. The Morgan fingerprint density at radius 2 is 2.10 bits per heavy atom. The molecule has 0 aromatic heterocycles. The van der Waals surface area contributed by atoms with E-state index in [0.29, 0.717) is 17.9 Å². The second-order valence-electron chi connectivity index (χ2n) is 5.65. The third kappa shape index (κ3) is 2.68. The predicted octanol–water partition coefficient (Wildman–Crippen LogP) is 3.16. The molecule has 3 rings (SSSR count). The van der Waals surface area contributed by atoms with Gasteiger partial charge in [-0.1, -0.05) is 26.0 Å². The number of allylic oxidation sites excluding steroid dienone is 2. The van der Waals surface area contributed by atoms with E-state index in [-0.39, 0.29) is 6.17 Å². The number of hydrogen-bond donors (Lipinski definition) is 1. The molecule has 5 heteroatoms. The monoisotopic (exact) mass is 289 g/mol. The van der Waals surface area contributed by atoms with Gasteiger partial charge < -0.3 is 4.90 Å². The summed E-state index contributed by atoms with van der Waals surface area (Å²) < 4.78 is 26.7. The van der Waals surface area contributed by atoms with Gasteiger partial charge in [-0.3, -0.25) is 5.43 Å². The number of rotatable bonds is 3.